The number of hydrogen-bond donors (Lipinski definition) is 1. The van der Waals surface area contributed by atoms with Gasteiger partial charge in [0.25, 0.3) is 11.5 Å². The molecule has 0 aliphatic heterocycles. The van der Waals surface area contributed by atoms with Crippen LogP contribution in [0.15, 0.2) is 47.4 Å². The molecule has 2 aromatic rings. The highest BCUT2D eigenvalue weighted by molar-refractivity contribution is 5.94. The smallest absolute Gasteiger partial charge is 0.255 e. The van der Waals surface area contributed by atoms with E-state index in [4.69, 9.17) is 0 Å². The lowest BCUT2D eigenvalue weighted by Gasteiger charge is -2.12. The molecule has 1 amide bonds. The summed E-state index contributed by atoms with van der Waals surface area (Å²) in [4.78, 5) is 24.0. The highest BCUT2D eigenvalue weighted by Gasteiger charge is 2.10. The lowest BCUT2D eigenvalue weighted by atomic mass is 10.2. The zero-order chi connectivity index (χ0) is 15.4. The monoisotopic (exact) mass is 288 g/mol. The molecule has 0 fully saturated rings. The lowest BCUT2D eigenvalue weighted by molar-refractivity contribution is 0.0938. The Morgan fingerprint density at radius 2 is 1.90 bits per heavy atom. The van der Waals surface area contributed by atoms with Gasteiger partial charge in [-0.2, -0.15) is 0 Å². The Kier molecular flexibility index (Phi) is 4.52. The van der Waals surface area contributed by atoms with Gasteiger partial charge in [0.05, 0.1) is 5.56 Å². The van der Waals surface area contributed by atoms with Gasteiger partial charge in [0.15, 0.2) is 0 Å². The van der Waals surface area contributed by atoms with Crippen molar-refractivity contribution in [1.29, 1.82) is 0 Å². The molecule has 1 heterocycles. The summed E-state index contributed by atoms with van der Waals surface area (Å²) < 4.78 is 14.3. The van der Waals surface area contributed by atoms with Crippen molar-refractivity contribution in [3.05, 3.63) is 64.3 Å². The molecular formula is C16H17FN2O2. The SMILES string of the molecule is CCC(C)NC(=O)c1ccc(=O)n(-c2ccc(F)cc2)c1. The third-order valence-electron chi connectivity index (χ3n) is 3.27. The number of nitrogens with zero attached hydrogens (tertiary/aromatic N) is 1. The maximum Gasteiger partial charge on any atom is 0.255 e. The largest absolute Gasteiger partial charge is 0.350 e. The maximum atomic E-state index is 12.9. The maximum absolute atomic E-state index is 12.9. The van der Waals surface area contributed by atoms with Gasteiger partial charge in [-0.15, -0.1) is 0 Å². The Morgan fingerprint density at radius 3 is 2.52 bits per heavy atom. The fourth-order valence-corrected chi connectivity index (χ4v) is 1.83. The van der Waals surface area contributed by atoms with Crippen LogP contribution in [-0.4, -0.2) is 16.5 Å². The zero-order valence-corrected chi connectivity index (χ0v) is 12.0. The predicted octanol–water partition coefficient (Wildman–Crippen LogP) is 2.50. The van der Waals surface area contributed by atoms with Crippen LogP contribution in [0.3, 0.4) is 0 Å². The molecule has 4 nitrogen and oxygen atoms in total. The topological polar surface area (TPSA) is 51.1 Å². The van der Waals surface area contributed by atoms with Crippen LogP contribution in [0.25, 0.3) is 5.69 Å². The Hall–Kier alpha value is -2.43. The number of carbonyl (C=O) groups is 1. The van der Waals surface area contributed by atoms with Gasteiger partial charge in [0.1, 0.15) is 5.82 Å². The summed E-state index contributed by atoms with van der Waals surface area (Å²) in [7, 11) is 0. The third kappa shape index (κ3) is 3.56. The molecule has 0 bridgehead atoms. The van der Waals surface area contributed by atoms with E-state index in [0.29, 0.717) is 11.3 Å². The van der Waals surface area contributed by atoms with Crippen molar-refractivity contribution >= 4 is 5.91 Å². The van der Waals surface area contributed by atoms with Gasteiger partial charge >= 0.3 is 0 Å². The number of pyridine rings is 1. The Bertz CT molecular complexity index is 692. The van der Waals surface area contributed by atoms with Gasteiger partial charge in [0.2, 0.25) is 0 Å². The summed E-state index contributed by atoms with van der Waals surface area (Å²) in [5.74, 6) is -0.613. The number of halogens is 1. The van der Waals surface area contributed by atoms with Crippen LogP contribution in [0.4, 0.5) is 4.39 Å². The highest BCUT2D eigenvalue weighted by Crippen LogP contribution is 2.08. The van der Waals surface area contributed by atoms with Crippen molar-refractivity contribution in [2.24, 2.45) is 0 Å². The molecule has 0 saturated carbocycles. The third-order valence-corrected chi connectivity index (χ3v) is 3.27. The lowest BCUT2D eigenvalue weighted by Crippen LogP contribution is -2.32. The fraction of sp³-hybridized carbons (Fsp3) is 0.250. The summed E-state index contributed by atoms with van der Waals surface area (Å²) >= 11 is 0. The van der Waals surface area contributed by atoms with Gasteiger partial charge in [-0.3, -0.25) is 14.2 Å². The molecule has 2 rings (SSSR count). The molecule has 5 heteroatoms. The molecule has 21 heavy (non-hydrogen) atoms. The molecule has 0 saturated heterocycles. The summed E-state index contributed by atoms with van der Waals surface area (Å²) in [6.07, 6.45) is 2.29. The van der Waals surface area contributed by atoms with E-state index in [1.165, 1.54) is 47.2 Å². The van der Waals surface area contributed by atoms with E-state index in [2.05, 4.69) is 5.32 Å². The number of nitrogens with one attached hydrogen (secondary N) is 1. The minimum Gasteiger partial charge on any atom is -0.350 e. The highest BCUT2D eigenvalue weighted by atomic mass is 19.1. The molecule has 110 valence electrons. The molecule has 1 atom stereocenters. The van der Waals surface area contributed by atoms with Crippen molar-refractivity contribution in [1.82, 2.24) is 9.88 Å². The van der Waals surface area contributed by atoms with E-state index >= 15 is 0 Å². The van der Waals surface area contributed by atoms with Crippen LogP contribution >= 0.6 is 0 Å². The second-order valence-electron chi connectivity index (χ2n) is 4.89. The molecule has 0 radical (unpaired) electrons. The summed E-state index contributed by atoms with van der Waals surface area (Å²) in [6, 6.07) is 8.40. The number of hydrogen-bond acceptors (Lipinski definition) is 2. The Morgan fingerprint density at radius 1 is 1.24 bits per heavy atom. The van der Waals surface area contributed by atoms with Gasteiger partial charge < -0.3 is 5.32 Å². The van der Waals surface area contributed by atoms with E-state index in [0.717, 1.165) is 6.42 Å². The number of amides is 1. The Labute approximate surface area is 122 Å². The van der Waals surface area contributed by atoms with Gasteiger partial charge in [-0.05, 0) is 43.7 Å². The molecule has 1 N–H and O–H groups in total. The van der Waals surface area contributed by atoms with E-state index in [1.807, 2.05) is 13.8 Å². The van der Waals surface area contributed by atoms with E-state index in [9.17, 15) is 14.0 Å². The average molecular weight is 288 g/mol. The first-order chi connectivity index (χ1) is 10.0. The van der Waals surface area contributed by atoms with Crippen LogP contribution in [0.1, 0.15) is 30.6 Å². The average Bonchev–Trinajstić information content (AvgIpc) is 2.48. The normalized spacial score (nSPS) is 12.0. The van der Waals surface area contributed by atoms with Gasteiger partial charge in [-0.25, -0.2) is 4.39 Å². The van der Waals surface area contributed by atoms with Crippen molar-refractivity contribution in [2.75, 3.05) is 0 Å². The van der Waals surface area contributed by atoms with Crippen molar-refractivity contribution in [3.63, 3.8) is 0 Å². The van der Waals surface area contributed by atoms with E-state index in [-0.39, 0.29) is 23.3 Å². The zero-order valence-electron chi connectivity index (χ0n) is 12.0. The standard InChI is InChI=1S/C16H17FN2O2/c1-3-11(2)18-16(21)12-4-9-15(20)19(10-12)14-7-5-13(17)6-8-14/h4-11H,3H2,1-2H3,(H,18,21). The van der Waals surface area contributed by atoms with Crippen molar-refractivity contribution in [3.8, 4) is 5.69 Å². The van der Waals surface area contributed by atoms with Crippen LogP contribution in [0.5, 0.6) is 0 Å². The molecule has 1 unspecified atom stereocenters. The quantitative estimate of drug-likeness (QED) is 0.939. The number of rotatable bonds is 4. The van der Waals surface area contributed by atoms with Crippen LogP contribution in [0.2, 0.25) is 0 Å². The number of carbonyl (C=O) groups excluding carboxylic acids is 1. The second-order valence-corrected chi connectivity index (χ2v) is 4.89. The van der Waals surface area contributed by atoms with Crippen LogP contribution in [0, 0.1) is 5.82 Å². The first-order valence-corrected chi connectivity index (χ1v) is 6.80. The van der Waals surface area contributed by atoms with Gasteiger partial charge in [0, 0.05) is 24.0 Å². The van der Waals surface area contributed by atoms with Crippen molar-refractivity contribution in [2.45, 2.75) is 26.3 Å². The minimum atomic E-state index is -0.377. The fourth-order valence-electron chi connectivity index (χ4n) is 1.83. The number of benzene rings is 1. The van der Waals surface area contributed by atoms with E-state index < -0.39 is 0 Å². The predicted molar refractivity (Wildman–Crippen MR) is 79.2 cm³/mol. The molecule has 1 aromatic carbocycles. The minimum absolute atomic E-state index is 0.0590. The summed E-state index contributed by atoms with van der Waals surface area (Å²) in [5, 5.41) is 2.84. The number of aromatic nitrogens is 1. The molecule has 1 aromatic heterocycles. The molecule has 0 spiro atoms. The van der Waals surface area contributed by atoms with Crippen molar-refractivity contribution < 1.29 is 9.18 Å². The first kappa shape index (κ1) is 15.0. The molecule has 0 aliphatic rings. The summed E-state index contributed by atoms with van der Waals surface area (Å²) in [6.45, 7) is 3.89. The molecule has 0 aliphatic carbocycles. The van der Waals surface area contributed by atoms with Crippen LogP contribution in [-0.2, 0) is 0 Å². The molecular weight excluding hydrogens is 271 g/mol. The Balaban J connectivity index is 2.35. The first-order valence-electron chi connectivity index (χ1n) is 6.80. The van der Waals surface area contributed by atoms with E-state index in [1.54, 1.807) is 0 Å². The second kappa shape index (κ2) is 6.35. The van der Waals surface area contributed by atoms with Crippen LogP contribution < -0.4 is 10.9 Å². The summed E-state index contributed by atoms with van der Waals surface area (Å²) in [5.41, 5.74) is 0.625. The van der Waals surface area contributed by atoms with Gasteiger partial charge in [-0.1, -0.05) is 6.92 Å².